The Kier molecular flexibility index (Phi) is 5.52. The molecule has 1 aliphatic rings. The van der Waals surface area contributed by atoms with E-state index in [1.807, 2.05) is 24.3 Å². The number of rotatable bonds is 6. The third-order valence-corrected chi connectivity index (χ3v) is 4.58. The smallest absolute Gasteiger partial charge is 0.119 e. The lowest BCUT2D eigenvalue weighted by Crippen LogP contribution is -2.36. The SMILES string of the molecule is CN(CCOc1ccc(Br)cc1)CC1CC(Br)C1. The second kappa shape index (κ2) is 6.92. The highest BCUT2D eigenvalue weighted by atomic mass is 79.9. The zero-order chi connectivity index (χ0) is 13.0. The molecule has 0 saturated heterocycles. The van der Waals surface area contributed by atoms with Crippen LogP contribution in [0.5, 0.6) is 5.75 Å². The lowest BCUT2D eigenvalue weighted by Gasteiger charge is -2.34. The van der Waals surface area contributed by atoms with Gasteiger partial charge in [-0.1, -0.05) is 31.9 Å². The Morgan fingerprint density at radius 1 is 1.28 bits per heavy atom. The van der Waals surface area contributed by atoms with Crippen LogP contribution in [-0.2, 0) is 0 Å². The minimum atomic E-state index is 0.753. The Balaban J connectivity index is 1.61. The third kappa shape index (κ3) is 4.56. The fourth-order valence-electron chi connectivity index (χ4n) is 2.19. The van der Waals surface area contributed by atoms with Crippen LogP contribution in [0.4, 0.5) is 0 Å². The van der Waals surface area contributed by atoms with E-state index in [0.717, 1.165) is 34.1 Å². The predicted molar refractivity (Wildman–Crippen MR) is 82.6 cm³/mol. The predicted octanol–water partition coefficient (Wildman–Crippen LogP) is 3.93. The van der Waals surface area contributed by atoms with E-state index in [1.54, 1.807) is 0 Å². The van der Waals surface area contributed by atoms with Gasteiger partial charge < -0.3 is 9.64 Å². The molecule has 1 fully saturated rings. The Bertz CT molecular complexity index is 363. The molecule has 0 unspecified atom stereocenters. The van der Waals surface area contributed by atoms with Crippen LogP contribution in [0.2, 0.25) is 0 Å². The first-order valence-electron chi connectivity index (χ1n) is 6.34. The van der Waals surface area contributed by atoms with Gasteiger partial charge in [0.15, 0.2) is 0 Å². The molecule has 100 valence electrons. The number of likely N-dealkylation sites (N-methyl/N-ethyl adjacent to an activating group) is 1. The van der Waals surface area contributed by atoms with Gasteiger partial charge in [0.05, 0.1) is 0 Å². The van der Waals surface area contributed by atoms with Gasteiger partial charge in [0, 0.05) is 22.4 Å². The van der Waals surface area contributed by atoms with Crippen LogP contribution in [0, 0.1) is 5.92 Å². The normalized spacial score (nSPS) is 22.9. The Labute approximate surface area is 126 Å². The van der Waals surface area contributed by atoms with E-state index in [4.69, 9.17) is 4.74 Å². The highest BCUT2D eigenvalue weighted by Gasteiger charge is 2.27. The lowest BCUT2D eigenvalue weighted by atomic mass is 9.85. The van der Waals surface area contributed by atoms with Crippen LogP contribution < -0.4 is 4.74 Å². The average Bonchev–Trinajstić information content (AvgIpc) is 2.30. The second-order valence-corrected chi connectivity index (χ2v) is 7.21. The molecule has 0 amide bonds. The highest BCUT2D eigenvalue weighted by molar-refractivity contribution is 9.10. The maximum atomic E-state index is 5.71. The van der Waals surface area contributed by atoms with E-state index in [-0.39, 0.29) is 0 Å². The number of hydrogen-bond donors (Lipinski definition) is 0. The van der Waals surface area contributed by atoms with Gasteiger partial charge in [-0.05, 0) is 50.1 Å². The van der Waals surface area contributed by atoms with Gasteiger partial charge in [0.2, 0.25) is 0 Å². The molecule has 1 saturated carbocycles. The first-order chi connectivity index (χ1) is 8.63. The summed E-state index contributed by atoms with van der Waals surface area (Å²) in [5.41, 5.74) is 0. The van der Waals surface area contributed by atoms with E-state index in [0.29, 0.717) is 0 Å². The Morgan fingerprint density at radius 2 is 1.94 bits per heavy atom. The van der Waals surface area contributed by atoms with Crippen LogP contribution >= 0.6 is 31.9 Å². The molecule has 2 nitrogen and oxygen atoms in total. The highest BCUT2D eigenvalue weighted by Crippen LogP contribution is 2.33. The zero-order valence-corrected chi connectivity index (χ0v) is 13.8. The van der Waals surface area contributed by atoms with Gasteiger partial charge in [0.25, 0.3) is 0 Å². The summed E-state index contributed by atoms with van der Waals surface area (Å²) in [4.78, 5) is 3.12. The van der Waals surface area contributed by atoms with Crippen molar-refractivity contribution in [2.24, 2.45) is 5.92 Å². The molecule has 1 aromatic rings. The second-order valence-electron chi connectivity index (χ2n) is 5.00. The van der Waals surface area contributed by atoms with Crippen molar-refractivity contribution in [2.45, 2.75) is 17.7 Å². The number of nitrogens with zero attached hydrogens (tertiary/aromatic N) is 1. The summed E-state index contributed by atoms with van der Waals surface area (Å²) in [6.45, 7) is 2.92. The summed E-state index contributed by atoms with van der Waals surface area (Å²) in [5.74, 6) is 1.81. The van der Waals surface area contributed by atoms with Crippen LogP contribution in [-0.4, -0.2) is 36.5 Å². The molecular formula is C14H19Br2NO. The molecule has 0 atom stereocenters. The minimum absolute atomic E-state index is 0.753. The molecule has 0 aliphatic heterocycles. The molecule has 0 N–H and O–H groups in total. The number of benzene rings is 1. The topological polar surface area (TPSA) is 12.5 Å². The summed E-state index contributed by atoms with van der Waals surface area (Å²) in [6.07, 6.45) is 2.63. The maximum absolute atomic E-state index is 5.71. The van der Waals surface area contributed by atoms with Crippen LogP contribution in [0.15, 0.2) is 28.7 Å². The van der Waals surface area contributed by atoms with Gasteiger partial charge >= 0.3 is 0 Å². The van der Waals surface area contributed by atoms with E-state index in [2.05, 4.69) is 43.8 Å². The molecule has 1 aromatic carbocycles. The van der Waals surface area contributed by atoms with E-state index >= 15 is 0 Å². The summed E-state index contributed by atoms with van der Waals surface area (Å²) >= 11 is 7.05. The van der Waals surface area contributed by atoms with Crippen molar-refractivity contribution < 1.29 is 4.74 Å². The van der Waals surface area contributed by atoms with Crippen LogP contribution in [0.3, 0.4) is 0 Å². The summed E-state index contributed by atoms with van der Waals surface area (Å²) in [7, 11) is 2.17. The molecule has 0 radical (unpaired) electrons. The molecule has 18 heavy (non-hydrogen) atoms. The average molecular weight is 377 g/mol. The lowest BCUT2D eigenvalue weighted by molar-refractivity contribution is 0.182. The van der Waals surface area contributed by atoms with Crippen molar-refractivity contribution in [2.75, 3.05) is 26.7 Å². The van der Waals surface area contributed by atoms with Crippen molar-refractivity contribution in [1.29, 1.82) is 0 Å². The van der Waals surface area contributed by atoms with Crippen LogP contribution in [0.25, 0.3) is 0 Å². The molecule has 2 rings (SSSR count). The van der Waals surface area contributed by atoms with Gasteiger partial charge in [0.1, 0.15) is 12.4 Å². The Morgan fingerprint density at radius 3 is 2.56 bits per heavy atom. The molecule has 0 heterocycles. The zero-order valence-electron chi connectivity index (χ0n) is 10.6. The summed E-state index contributed by atoms with van der Waals surface area (Å²) in [6, 6.07) is 7.99. The minimum Gasteiger partial charge on any atom is -0.492 e. The monoisotopic (exact) mass is 375 g/mol. The molecule has 1 aliphatic carbocycles. The van der Waals surface area contributed by atoms with Gasteiger partial charge in [-0.3, -0.25) is 0 Å². The third-order valence-electron chi connectivity index (χ3n) is 3.30. The number of halogens is 2. The standard InChI is InChI=1S/C14H19Br2NO/c1-17(10-11-8-13(16)9-11)6-7-18-14-4-2-12(15)3-5-14/h2-5,11,13H,6-10H2,1H3. The van der Waals surface area contributed by atoms with Crippen molar-refractivity contribution in [1.82, 2.24) is 4.90 Å². The van der Waals surface area contributed by atoms with Crippen LogP contribution in [0.1, 0.15) is 12.8 Å². The fraction of sp³-hybridized carbons (Fsp3) is 0.571. The van der Waals surface area contributed by atoms with Gasteiger partial charge in [-0.15, -0.1) is 0 Å². The molecule has 0 bridgehead atoms. The largest absolute Gasteiger partial charge is 0.492 e. The molecule has 0 aromatic heterocycles. The van der Waals surface area contributed by atoms with Crippen molar-refractivity contribution in [3.8, 4) is 5.75 Å². The fourth-order valence-corrected chi connectivity index (χ4v) is 3.51. The van der Waals surface area contributed by atoms with Gasteiger partial charge in [-0.25, -0.2) is 0 Å². The quantitative estimate of drug-likeness (QED) is 0.697. The van der Waals surface area contributed by atoms with Gasteiger partial charge in [-0.2, -0.15) is 0 Å². The molecule has 0 spiro atoms. The number of ether oxygens (including phenoxy) is 1. The van der Waals surface area contributed by atoms with E-state index in [9.17, 15) is 0 Å². The van der Waals surface area contributed by atoms with Crippen molar-refractivity contribution in [3.63, 3.8) is 0 Å². The Hall–Kier alpha value is -0.0600. The van der Waals surface area contributed by atoms with E-state index in [1.165, 1.54) is 19.4 Å². The van der Waals surface area contributed by atoms with E-state index < -0.39 is 0 Å². The summed E-state index contributed by atoms with van der Waals surface area (Å²) in [5, 5.41) is 0. The first-order valence-corrected chi connectivity index (χ1v) is 8.05. The first kappa shape index (κ1) is 14.4. The number of hydrogen-bond acceptors (Lipinski definition) is 2. The maximum Gasteiger partial charge on any atom is 0.119 e. The molecule has 4 heteroatoms. The van der Waals surface area contributed by atoms with Crippen molar-refractivity contribution >= 4 is 31.9 Å². The summed E-state index contributed by atoms with van der Waals surface area (Å²) < 4.78 is 6.80. The molecular weight excluding hydrogens is 358 g/mol. The number of alkyl halides is 1. The van der Waals surface area contributed by atoms with Crippen molar-refractivity contribution in [3.05, 3.63) is 28.7 Å².